The molecule has 3 heterocycles. The average Bonchev–Trinajstić information content (AvgIpc) is 3.24. The maximum absolute atomic E-state index is 14.2. The summed E-state index contributed by atoms with van der Waals surface area (Å²) in [7, 11) is 0. The number of alkyl halides is 1. The molecule has 1 fully saturated rings. The highest BCUT2D eigenvalue weighted by atomic mass is 19.1. The predicted octanol–water partition coefficient (Wildman–Crippen LogP) is 2.55. The molecule has 0 spiro atoms. The predicted molar refractivity (Wildman–Crippen MR) is 92.9 cm³/mol. The van der Waals surface area contributed by atoms with Gasteiger partial charge in [-0.3, -0.25) is 0 Å². The summed E-state index contributed by atoms with van der Waals surface area (Å²) in [6.07, 6.45) is 1.46. The topological polar surface area (TPSA) is 108 Å². The molecule has 3 aromatic rings. The number of halogens is 2. The fraction of sp³-hybridized carbons (Fsp3) is 0.222. The molecular formula is C18H14F2N4O4. The van der Waals surface area contributed by atoms with Crippen molar-refractivity contribution in [2.24, 2.45) is 0 Å². The molecule has 2 unspecified atom stereocenters. The molecule has 4 rings (SSSR count). The van der Waals surface area contributed by atoms with Gasteiger partial charge >= 0.3 is 11.9 Å². The van der Waals surface area contributed by atoms with Crippen molar-refractivity contribution in [3.05, 3.63) is 59.2 Å². The minimum Gasteiger partial charge on any atom is -0.478 e. The summed E-state index contributed by atoms with van der Waals surface area (Å²) in [5.74, 6) is -2.92. The van der Waals surface area contributed by atoms with Gasteiger partial charge in [-0.1, -0.05) is 0 Å². The van der Waals surface area contributed by atoms with E-state index in [4.69, 9.17) is 5.11 Å². The van der Waals surface area contributed by atoms with Crippen LogP contribution in [0.15, 0.2) is 36.7 Å². The van der Waals surface area contributed by atoms with Gasteiger partial charge in [-0.25, -0.2) is 27.9 Å². The Morgan fingerprint density at radius 3 is 2.68 bits per heavy atom. The van der Waals surface area contributed by atoms with Crippen LogP contribution in [-0.4, -0.2) is 49.5 Å². The van der Waals surface area contributed by atoms with Gasteiger partial charge in [-0.15, -0.1) is 0 Å². The molecule has 1 aliphatic heterocycles. The van der Waals surface area contributed by atoms with Crippen LogP contribution in [0.3, 0.4) is 0 Å². The zero-order valence-corrected chi connectivity index (χ0v) is 14.3. The summed E-state index contributed by atoms with van der Waals surface area (Å²) < 4.78 is 29.4. The Bertz CT molecular complexity index is 1100. The third-order valence-electron chi connectivity index (χ3n) is 4.68. The van der Waals surface area contributed by atoms with Gasteiger partial charge in [0, 0.05) is 12.6 Å². The molecule has 0 amide bonds. The van der Waals surface area contributed by atoms with Gasteiger partial charge in [-0.2, -0.15) is 5.10 Å². The number of hydrogen-bond donors (Lipinski definition) is 2. The van der Waals surface area contributed by atoms with E-state index in [0.717, 1.165) is 6.07 Å². The lowest BCUT2D eigenvalue weighted by Crippen LogP contribution is -2.25. The Morgan fingerprint density at radius 2 is 1.96 bits per heavy atom. The van der Waals surface area contributed by atoms with Crippen LogP contribution in [0.5, 0.6) is 0 Å². The van der Waals surface area contributed by atoms with Crippen molar-refractivity contribution in [3.63, 3.8) is 0 Å². The fourth-order valence-corrected chi connectivity index (χ4v) is 3.45. The molecule has 144 valence electrons. The monoisotopic (exact) mass is 388 g/mol. The van der Waals surface area contributed by atoms with Crippen LogP contribution in [0.4, 0.5) is 14.6 Å². The van der Waals surface area contributed by atoms with E-state index in [0.29, 0.717) is 11.4 Å². The van der Waals surface area contributed by atoms with Crippen LogP contribution in [0, 0.1) is 5.82 Å². The van der Waals surface area contributed by atoms with E-state index in [1.54, 1.807) is 11.0 Å². The fourth-order valence-electron chi connectivity index (χ4n) is 3.45. The third kappa shape index (κ3) is 3.02. The molecule has 28 heavy (non-hydrogen) atoms. The van der Waals surface area contributed by atoms with Crippen molar-refractivity contribution in [1.29, 1.82) is 0 Å². The van der Waals surface area contributed by atoms with E-state index in [2.05, 4.69) is 10.1 Å². The standard InChI is InChI=1S/C18H14F2N4O4/c19-11-4-9(3-10(5-11)17(25)26)14-6-12(20)8-23(14)15-1-2-24-16(22-15)13(7-21-24)18(27)28/h1-5,7,12,14H,6,8H2,(H,25,26)(H,27,28). The van der Waals surface area contributed by atoms with E-state index in [1.165, 1.54) is 29.0 Å². The second-order valence-corrected chi connectivity index (χ2v) is 6.50. The summed E-state index contributed by atoms with van der Waals surface area (Å²) in [5.41, 5.74) is 0.0700. The first-order valence-electron chi connectivity index (χ1n) is 8.35. The number of carboxylic acid groups (broad SMARTS) is 2. The molecule has 10 heteroatoms. The summed E-state index contributed by atoms with van der Waals surface area (Å²) in [6.45, 7) is -0.0384. The van der Waals surface area contributed by atoms with Crippen LogP contribution in [0.25, 0.3) is 5.65 Å². The number of carbonyl (C=O) groups is 2. The van der Waals surface area contributed by atoms with Crippen LogP contribution < -0.4 is 4.90 Å². The summed E-state index contributed by atoms with van der Waals surface area (Å²) in [4.78, 5) is 28.4. The molecular weight excluding hydrogens is 374 g/mol. The van der Waals surface area contributed by atoms with Crippen molar-refractivity contribution < 1.29 is 28.6 Å². The Morgan fingerprint density at radius 1 is 1.18 bits per heavy atom. The summed E-state index contributed by atoms with van der Waals surface area (Å²) in [5, 5.41) is 22.3. The van der Waals surface area contributed by atoms with Crippen LogP contribution in [0.1, 0.15) is 38.7 Å². The minimum absolute atomic E-state index is 0.0282. The second kappa shape index (κ2) is 6.55. The Kier molecular flexibility index (Phi) is 4.17. The maximum Gasteiger partial charge on any atom is 0.341 e. The van der Waals surface area contributed by atoms with E-state index in [9.17, 15) is 23.5 Å². The number of benzene rings is 1. The number of aromatic nitrogens is 3. The lowest BCUT2D eigenvalue weighted by molar-refractivity contribution is 0.0686. The summed E-state index contributed by atoms with van der Waals surface area (Å²) in [6, 6.07) is 4.28. The first kappa shape index (κ1) is 17.8. The van der Waals surface area contributed by atoms with Gasteiger partial charge in [0.1, 0.15) is 23.4 Å². The van der Waals surface area contributed by atoms with Crippen LogP contribution in [-0.2, 0) is 0 Å². The zero-order chi connectivity index (χ0) is 20.0. The molecule has 0 saturated carbocycles. The number of rotatable bonds is 4. The Labute approximate surface area is 156 Å². The quantitative estimate of drug-likeness (QED) is 0.707. The third-order valence-corrected chi connectivity index (χ3v) is 4.68. The number of hydrogen-bond acceptors (Lipinski definition) is 5. The minimum atomic E-state index is -1.29. The van der Waals surface area contributed by atoms with Crippen molar-refractivity contribution in [1.82, 2.24) is 14.6 Å². The van der Waals surface area contributed by atoms with Crippen molar-refractivity contribution in [3.8, 4) is 0 Å². The van der Waals surface area contributed by atoms with Gasteiger partial charge < -0.3 is 15.1 Å². The SMILES string of the molecule is O=C(O)c1cc(F)cc(C2CC(F)CN2c2ccn3ncc(C(=O)O)c3n2)c1. The molecule has 0 radical (unpaired) electrons. The molecule has 1 aliphatic rings. The highest BCUT2D eigenvalue weighted by Gasteiger charge is 2.35. The second-order valence-electron chi connectivity index (χ2n) is 6.50. The molecule has 1 saturated heterocycles. The van der Waals surface area contributed by atoms with E-state index in [-0.39, 0.29) is 29.7 Å². The molecule has 1 aromatic carbocycles. The van der Waals surface area contributed by atoms with E-state index < -0.39 is 30.0 Å². The van der Waals surface area contributed by atoms with Crippen molar-refractivity contribution >= 4 is 23.4 Å². The number of nitrogens with zero attached hydrogens (tertiary/aromatic N) is 4. The number of fused-ring (bicyclic) bond motifs is 1. The zero-order valence-electron chi connectivity index (χ0n) is 14.3. The molecule has 2 N–H and O–H groups in total. The van der Waals surface area contributed by atoms with Crippen molar-refractivity contribution in [2.45, 2.75) is 18.6 Å². The number of anilines is 1. The smallest absolute Gasteiger partial charge is 0.341 e. The normalized spacial score (nSPS) is 19.3. The van der Waals surface area contributed by atoms with Gasteiger partial charge in [0.2, 0.25) is 0 Å². The van der Waals surface area contributed by atoms with Crippen molar-refractivity contribution in [2.75, 3.05) is 11.4 Å². The summed E-state index contributed by atoms with van der Waals surface area (Å²) >= 11 is 0. The first-order chi connectivity index (χ1) is 13.3. The van der Waals surface area contributed by atoms with E-state index in [1.807, 2.05) is 0 Å². The maximum atomic E-state index is 14.2. The van der Waals surface area contributed by atoms with Gasteiger partial charge in [0.05, 0.1) is 24.3 Å². The molecule has 2 aromatic heterocycles. The van der Waals surface area contributed by atoms with Gasteiger partial charge in [0.15, 0.2) is 5.65 Å². The lowest BCUT2D eigenvalue weighted by atomic mass is 10.0. The first-order valence-corrected chi connectivity index (χ1v) is 8.35. The van der Waals surface area contributed by atoms with Crippen LogP contribution >= 0.6 is 0 Å². The largest absolute Gasteiger partial charge is 0.478 e. The number of carboxylic acids is 2. The highest BCUT2D eigenvalue weighted by molar-refractivity contribution is 5.94. The van der Waals surface area contributed by atoms with Gasteiger partial charge in [-0.05, 0) is 29.8 Å². The lowest BCUT2D eigenvalue weighted by Gasteiger charge is -2.26. The van der Waals surface area contributed by atoms with Crippen LogP contribution in [0.2, 0.25) is 0 Å². The highest BCUT2D eigenvalue weighted by Crippen LogP contribution is 2.37. The van der Waals surface area contributed by atoms with E-state index >= 15 is 0 Å². The Balaban J connectivity index is 1.78. The van der Waals surface area contributed by atoms with Gasteiger partial charge in [0.25, 0.3) is 0 Å². The number of aromatic carboxylic acids is 2. The Hall–Kier alpha value is -3.56. The molecule has 0 aliphatic carbocycles. The molecule has 0 bridgehead atoms. The molecule has 8 nitrogen and oxygen atoms in total. The molecule has 2 atom stereocenters. The average molecular weight is 388 g/mol.